The molecule has 0 aromatic carbocycles. The van der Waals surface area contributed by atoms with Crippen molar-refractivity contribution >= 4 is 33.4 Å². The Bertz CT molecular complexity index is 590. The monoisotopic (exact) mass is 294 g/mol. The van der Waals surface area contributed by atoms with Crippen LogP contribution in [-0.2, 0) is 4.79 Å². The minimum atomic E-state index is 0.108. The van der Waals surface area contributed by atoms with E-state index in [1.165, 1.54) is 4.90 Å². The molecule has 1 amide bonds. The van der Waals surface area contributed by atoms with Crippen LogP contribution in [0.25, 0.3) is 5.65 Å². The van der Waals surface area contributed by atoms with E-state index in [1.807, 2.05) is 18.2 Å². The Morgan fingerprint density at radius 3 is 2.94 bits per heavy atom. The first kappa shape index (κ1) is 10.7. The maximum Gasteiger partial charge on any atom is 0.252 e. The second-order valence-electron chi connectivity index (χ2n) is 4.20. The van der Waals surface area contributed by atoms with Crippen molar-refractivity contribution in [3.63, 3.8) is 0 Å². The molecule has 5 nitrogen and oxygen atoms in total. The number of hydrogen-bond donors (Lipinski definition) is 0. The highest BCUT2D eigenvalue weighted by atomic mass is 79.9. The Labute approximate surface area is 107 Å². The molecule has 2 aromatic rings. The molecule has 6 heteroatoms. The molecule has 0 radical (unpaired) electrons. The highest BCUT2D eigenvalue weighted by Gasteiger charge is 2.33. The predicted octanol–water partition coefficient (Wildman–Crippen LogP) is 1.86. The third-order valence-electron chi connectivity index (χ3n) is 2.86. The molecular formula is C11H11BrN4O. The van der Waals surface area contributed by atoms with Crippen LogP contribution in [0.5, 0.6) is 0 Å². The van der Waals surface area contributed by atoms with Crippen molar-refractivity contribution < 1.29 is 4.79 Å². The van der Waals surface area contributed by atoms with Crippen molar-refractivity contribution in [3.8, 4) is 0 Å². The van der Waals surface area contributed by atoms with Crippen molar-refractivity contribution in [1.82, 2.24) is 14.6 Å². The Morgan fingerprint density at radius 2 is 2.29 bits per heavy atom. The van der Waals surface area contributed by atoms with Gasteiger partial charge in [0.25, 0.3) is 5.95 Å². The lowest BCUT2D eigenvalue weighted by Crippen LogP contribution is -2.28. The Morgan fingerprint density at radius 1 is 1.53 bits per heavy atom. The summed E-state index contributed by atoms with van der Waals surface area (Å²) in [4.78, 5) is 17.8. The maximum atomic E-state index is 11.9. The van der Waals surface area contributed by atoms with Crippen LogP contribution in [-0.4, -0.2) is 27.6 Å². The van der Waals surface area contributed by atoms with Crippen molar-refractivity contribution in [2.75, 3.05) is 11.9 Å². The van der Waals surface area contributed by atoms with E-state index in [2.05, 4.69) is 26.0 Å². The summed E-state index contributed by atoms with van der Waals surface area (Å²) in [6, 6.07) is 5.63. The third-order valence-corrected chi connectivity index (χ3v) is 3.46. The van der Waals surface area contributed by atoms with E-state index in [0.717, 1.165) is 23.1 Å². The Kier molecular flexibility index (Phi) is 2.39. The lowest BCUT2D eigenvalue weighted by atomic mass is 10.4. The highest BCUT2D eigenvalue weighted by Crippen LogP contribution is 2.31. The largest absolute Gasteiger partial charge is 0.282 e. The Hall–Kier alpha value is -1.43. The second-order valence-corrected chi connectivity index (χ2v) is 5.01. The van der Waals surface area contributed by atoms with Gasteiger partial charge in [0.05, 0.1) is 0 Å². The number of carbonyl (C=O) groups is 1. The molecule has 1 aliphatic carbocycles. The SMILES string of the molecule is CN(C(=O)C1CC1)c1nc2cccc(Br)n2n1. The van der Waals surface area contributed by atoms with Crippen molar-refractivity contribution in [1.29, 1.82) is 0 Å². The summed E-state index contributed by atoms with van der Waals surface area (Å²) < 4.78 is 2.49. The van der Waals surface area contributed by atoms with Gasteiger partial charge in [-0.1, -0.05) is 6.07 Å². The molecule has 0 aliphatic heterocycles. The summed E-state index contributed by atoms with van der Waals surface area (Å²) in [5.74, 6) is 0.737. The number of pyridine rings is 1. The van der Waals surface area contributed by atoms with E-state index in [9.17, 15) is 4.79 Å². The fourth-order valence-electron chi connectivity index (χ4n) is 1.71. The quantitative estimate of drug-likeness (QED) is 0.795. The molecule has 0 spiro atoms. The molecule has 2 heterocycles. The number of nitrogens with zero attached hydrogens (tertiary/aromatic N) is 4. The molecule has 0 bridgehead atoms. The van der Waals surface area contributed by atoms with Gasteiger partial charge in [-0.2, -0.15) is 4.98 Å². The van der Waals surface area contributed by atoms with Crippen LogP contribution in [0.2, 0.25) is 0 Å². The average Bonchev–Trinajstić information content (AvgIpc) is 3.07. The molecule has 0 saturated heterocycles. The van der Waals surface area contributed by atoms with Crippen LogP contribution < -0.4 is 4.90 Å². The Balaban J connectivity index is 2.00. The molecule has 1 saturated carbocycles. The van der Waals surface area contributed by atoms with Crippen LogP contribution >= 0.6 is 15.9 Å². The zero-order valence-corrected chi connectivity index (χ0v) is 10.9. The number of anilines is 1. The van der Waals surface area contributed by atoms with E-state index in [1.54, 1.807) is 11.6 Å². The van der Waals surface area contributed by atoms with Crippen LogP contribution in [0.1, 0.15) is 12.8 Å². The summed E-state index contributed by atoms with van der Waals surface area (Å²) in [5, 5.41) is 4.31. The highest BCUT2D eigenvalue weighted by molar-refractivity contribution is 9.10. The number of carbonyl (C=O) groups excluding carboxylic acids is 1. The molecule has 1 fully saturated rings. The van der Waals surface area contributed by atoms with Crippen molar-refractivity contribution in [2.45, 2.75) is 12.8 Å². The van der Waals surface area contributed by atoms with E-state index in [-0.39, 0.29) is 11.8 Å². The smallest absolute Gasteiger partial charge is 0.252 e. The number of halogens is 1. The molecule has 2 aromatic heterocycles. The zero-order valence-electron chi connectivity index (χ0n) is 9.30. The molecule has 3 rings (SSSR count). The first-order valence-corrected chi connectivity index (χ1v) is 6.25. The topological polar surface area (TPSA) is 50.5 Å². The molecule has 0 atom stereocenters. The fraction of sp³-hybridized carbons (Fsp3) is 0.364. The first-order valence-electron chi connectivity index (χ1n) is 5.45. The van der Waals surface area contributed by atoms with Gasteiger partial charge in [0.2, 0.25) is 5.91 Å². The van der Waals surface area contributed by atoms with Crippen LogP contribution in [0, 0.1) is 5.92 Å². The molecule has 88 valence electrons. The maximum absolute atomic E-state index is 11.9. The van der Waals surface area contributed by atoms with E-state index < -0.39 is 0 Å². The predicted molar refractivity (Wildman–Crippen MR) is 66.8 cm³/mol. The summed E-state index contributed by atoms with van der Waals surface area (Å²) in [5.41, 5.74) is 0.727. The van der Waals surface area contributed by atoms with Crippen molar-refractivity contribution in [3.05, 3.63) is 22.8 Å². The summed E-state index contributed by atoms with van der Waals surface area (Å²) in [6.07, 6.45) is 1.97. The normalized spacial score (nSPS) is 15.2. The van der Waals surface area contributed by atoms with Crippen LogP contribution in [0.15, 0.2) is 22.8 Å². The number of hydrogen-bond acceptors (Lipinski definition) is 3. The van der Waals surface area contributed by atoms with Gasteiger partial charge < -0.3 is 0 Å². The zero-order chi connectivity index (χ0) is 12.0. The van der Waals surface area contributed by atoms with Gasteiger partial charge in [-0.25, -0.2) is 4.52 Å². The van der Waals surface area contributed by atoms with E-state index in [0.29, 0.717) is 5.95 Å². The van der Waals surface area contributed by atoms with Gasteiger partial charge in [-0.3, -0.25) is 9.69 Å². The second kappa shape index (κ2) is 3.80. The number of amides is 1. The molecule has 0 N–H and O–H groups in total. The number of fused-ring (bicyclic) bond motifs is 1. The van der Waals surface area contributed by atoms with Gasteiger partial charge in [0, 0.05) is 13.0 Å². The minimum absolute atomic E-state index is 0.108. The number of rotatable bonds is 2. The average molecular weight is 295 g/mol. The van der Waals surface area contributed by atoms with Gasteiger partial charge in [-0.05, 0) is 40.9 Å². The minimum Gasteiger partial charge on any atom is -0.282 e. The van der Waals surface area contributed by atoms with Crippen LogP contribution in [0.3, 0.4) is 0 Å². The summed E-state index contributed by atoms with van der Waals surface area (Å²) in [7, 11) is 1.73. The van der Waals surface area contributed by atoms with Gasteiger partial charge in [0.1, 0.15) is 4.60 Å². The number of aromatic nitrogens is 3. The van der Waals surface area contributed by atoms with Gasteiger partial charge in [-0.15, -0.1) is 5.10 Å². The lowest BCUT2D eigenvalue weighted by Gasteiger charge is -2.11. The molecule has 1 aliphatic rings. The standard InChI is InChI=1S/C11H11BrN4O/c1-15(10(17)7-5-6-7)11-13-9-4-2-3-8(12)16(9)14-11/h2-4,7H,5-6H2,1H3. The van der Waals surface area contributed by atoms with Crippen molar-refractivity contribution in [2.24, 2.45) is 5.92 Å². The third kappa shape index (κ3) is 1.82. The summed E-state index contributed by atoms with van der Waals surface area (Å²) in [6.45, 7) is 0. The molecular weight excluding hydrogens is 284 g/mol. The summed E-state index contributed by atoms with van der Waals surface area (Å²) >= 11 is 3.39. The molecule has 17 heavy (non-hydrogen) atoms. The van der Waals surface area contributed by atoms with Gasteiger partial charge >= 0.3 is 0 Å². The fourth-order valence-corrected chi connectivity index (χ4v) is 2.12. The first-order chi connectivity index (χ1) is 8.16. The van der Waals surface area contributed by atoms with E-state index >= 15 is 0 Å². The van der Waals surface area contributed by atoms with Gasteiger partial charge in [0.15, 0.2) is 5.65 Å². The van der Waals surface area contributed by atoms with E-state index in [4.69, 9.17) is 0 Å². The molecule has 0 unspecified atom stereocenters. The lowest BCUT2D eigenvalue weighted by molar-refractivity contribution is -0.119. The van der Waals surface area contributed by atoms with Crippen LogP contribution in [0.4, 0.5) is 5.95 Å².